The van der Waals surface area contributed by atoms with Crippen molar-refractivity contribution in [3.63, 3.8) is 0 Å². The Balaban J connectivity index is 2.73. The zero-order valence-electron chi connectivity index (χ0n) is 10.6. The highest BCUT2D eigenvalue weighted by molar-refractivity contribution is 7.16. The summed E-state index contributed by atoms with van der Waals surface area (Å²) in [5, 5.41) is 8.99. The number of halogens is 3. The fourth-order valence-electron chi connectivity index (χ4n) is 2.06. The third kappa shape index (κ3) is 2.37. The summed E-state index contributed by atoms with van der Waals surface area (Å²) in [5.74, 6) is 0. The number of anilines is 1. The van der Waals surface area contributed by atoms with Gasteiger partial charge in [0, 0.05) is 10.4 Å². The van der Waals surface area contributed by atoms with Crippen molar-refractivity contribution in [2.24, 2.45) is 0 Å². The molecule has 0 spiro atoms. The topological polar surface area (TPSA) is 49.8 Å². The summed E-state index contributed by atoms with van der Waals surface area (Å²) in [6.07, 6.45) is -3.96. The molecule has 0 bridgehead atoms. The van der Waals surface area contributed by atoms with E-state index >= 15 is 0 Å². The molecule has 2 N–H and O–H groups in total. The van der Waals surface area contributed by atoms with Crippen LogP contribution in [-0.2, 0) is 12.6 Å². The van der Waals surface area contributed by atoms with Gasteiger partial charge >= 0.3 is 6.18 Å². The average Bonchev–Trinajstić information content (AvgIpc) is 2.74. The lowest BCUT2D eigenvalue weighted by molar-refractivity contribution is -0.137. The van der Waals surface area contributed by atoms with Gasteiger partial charge in [0.15, 0.2) is 0 Å². The number of nitrogen functional groups attached to an aromatic ring is 1. The molecule has 1 heterocycles. The normalized spacial score (nSPS) is 11.3. The lowest BCUT2D eigenvalue weighted by Gasteiger charge is -2.12. The van der Waals surface area contributed by atoms with E-state index in [4.69, 9.17) is 11.0 Å². The zero-order valence-corrected chi connectivity index (χ0v) is 11.4. The molecule has 2 aromatic rings. The van der Waals surface area contributed by atoms with Crippen LogP contribution in [0, 0.1) is 11.3 Å². The molecular weight excluding hydrogens is 285 g/mol. The molecule has 1 aromatic heterocycles. The highest BCUT2D eigenvalue weighted by atomic mass is 32.1. The number of nitriles is 1. The van der Waals surface area contributed by atoms with Gasteiger partial charge in [-0.1, -0.05) is 25.1 Å². The largest absolute Gasteiger partial charge is 0.417 e. The van der Waals surface area contributed by atoms with Gasteiger partial charge in [0.1, 0.15) is 10.9 Å². The van der Waals surface area contributed by atoms with E-state index in [0.29, 0.717) is 16.9 Å². The lowest BCUT2D eigenvalue weighted by Crippen LogP contribution is -2.07. The molecular formula is C14H11F3N2S. The van der Waals surface area contributed by atoms with E-state index in [1.54, 1.807) is 13.0 Å². The van der Waals surface area contributed by atoms with Gasteiger partial charge in [-0.15, -0.1) is 11.3 Å². The van der Waals surface area contributed by atoms with Crippen molar-refractivity contribution in [3.8, 4) is 16.5 Å². The summed E-state index contributed by atoms with van der Waals surface area (Å²) < 4.78 is 39.2. The summed E-state index contributed by atoms with van der Waals surface area (Å²) in [6, 6.07) is 7.28. The summed E-state index contributed by atoms with van der Waals surface area (Å²) in [7, 11) is 0. The highest BCUT2D eigenvalue weighted by Crippen LogP contribution is 2.44. The fraction of sp³-hybridized carbons (Fsp3) is 0.214. The number of thiophene rings is 1. The van der Waals surface area contributed by atoms with E-state index in [9.17, 15) is 13.2 Å². The number of hydrogen-bond acceptors (Lipinski definition) is 3. The van der Waals surface area contributed by atoms with Crippen molar-refractivity contribution in [2.45, 2.75) is 19.5 Å². The smallest absolute Gasteiger partial charge is 0.397 e. The quantitative estimate of drug-likeness (QED) is 0.890. The number of hydrogen-bond donors (Lipinski definition) is 1. The average molecular weight is 296 g/mol. The predicted molar refractivity (Wildman–Crippen MR) is 73.3 cm³/mol. The van der Waals surface area contributed by atoms with Gasteiger partial charge in [-0.3, -0.25) is 0 Å². The van der Waals surface area contributed by atoms with Crippen LogP contribution < -0.4 is 5.73 Å². The van der Waals surface area contributed by atoms with Gasteiger partial charge in [-0.05, 0) is 18.1 Å². The Hall–Kier alpha value is -2.00. The first-order chi connectivity index (χ1) is 9.40. The summed E-state index contributed by atoms with van der Waals surface area (Å²) in [4.78, 5) is 0.684. The van der Waals surface area contributed by atoms with E-state index in [0.717, 1.165) is 17.4 Å². The number of nitrogens with two attached hydrogens (primary N) is 1. The van der Waals surface area contributed by atoms with Crippen molar-refractivity contribution in [1.29, 1.82) is 5.26 Å². The Kier molecular flexibility index (Phi) is 3.73. The first-order valence-electron chi connectivity index (χ1n) is 5.88. The molecule has 0 aliphatic heterocycles. The number of benzene rings is 1. The number of nitrogens with zero attached hydrogens (tertiary/aromatic N) is 1. The molecule has 0 radical (unpaired) electrons. The molecule has 104 valence electrons. The Morgan fingerprint density at radius 1 is 1.30 bits per heavy atom. The van der Waals surface area contributed by atoms with Gasteiger partial charge in [-0.25, -0.2) is 0 Å². The van der Waals surface area contributed by atoms with Crippen molar-refractivity contribution in [2.75, 3.05) is 5.73 Å². The van der Waals surface area contributed by atoms with Crippen molar-refractivity contribution in [1.82, 2.24) is 0 Å². The molecule has 0 saturated heterocycles. The van der Waals surface area contributed by atoms with Gasteiger partial charge in [0.05, 0.1) is 11.3 Å². The van der Waals surface area contributed by atoms with Crippen LogP contribution in [0.3, 0.4) is 0 Å². The molecule has 2 nitrogen and oxygen atoms in total. The Bertz CT molecular complexity index is 681. The highest BCUT2D eigenvalue weighted by Gasteiger charge is 2.34. The number of alkyl halides is 3. The van der Waals surface area contributed by atoms with Gasteiger partial charge in [0.25, 0.3) is 0 Å². The SMILES string of the molecule is CCc1c(-c2ccccc2C(F)(F)F)sc(C#N)c1N. The first kappa shape index (κ1) is 14.4. The van der Waals surface area contributed by atoms with Crippen molar-refractivity contribution < 1.29 is 13.2 Å². The Labute approximate surface area is 118 Å². The molecule has 0 unspecified atom stereocenters. The van der Waals surface area contributed by atoms with Gasteiger partial charge < -0.3 is 5.73 Å². The Morgan fingerprint density at radius 2 is 1.95 bits per heavy atom. The van der Waals surface area contributed by atoms with E-state index in [-0.39, 0.29) is 16.1 Å². The zero-order chi connectivity index (χ0) is 14.9. The number of rotatable bonds is 2. The van der Waals surface area contributed by atoms with Gasteiger partial charge in [-0.2, -0.15) is 18.4 Å². The molecule has 2 rings (SSSR count). The first-order valence-corrected chi connectivity index (χ1v) is 6.69. The summed E-state index contributed by atoms with van der Waals surface area (Å²) in [6.45, 7) is 1.80. The van der Waals surface area contributed by atoms with Crippen molar-refractivity contribution in [3.05, 3.63) is 40.3 Å². The van der Waals surface area contributed by atoms with Crippen molar-refractivity contribution >= 4 is 17.0 Å². The molecule has 0 atom stereocenters. The Morgan fingerprint density at radius 3 is 2.50 bits per heavy atom. The minimum Gasteiger partial charge on any atom is -0.397 e. The van der Waals surface area contributed by atoms with Crippen LogP contribution in [0.5, 0.6) is 0 Å². The van der Waals surface area contributed by atoms with E-state index in [1.165, 1.54) is 12.1 Å². The summed E-state index contributed by atoms with van der Waals surface area (Å²) >= 11 is 1.01. The molecule has 0 aliphatic carbocycles. The molecule has 0 fully saturated rings. The van der Waals surface area contributed by atoms with Crippen LogP contribution in [0.25, 0.3) is 10.4 Å². The monoisotopic (exact) mass is 296 g/mol. The third-order valence-electron chi connectivity index (χ3n) is 2.98. The third-order valence-corrected chi connectivity index (χ3v) is 4.17. The van der Waals surface area contributed by atoms with Crippen LogP contribution in [0.4, 0.5) is 18.9 Å². The predicted octanol–water partition coefficient (Wildman–Crippen LogP) is 4.45. The lowest BCUT2D eigenvalue weighted by atomic mass is 10.0. The second kappa shape index (κ2) is 5.17. The maximum Gasteiger partial charge on any atom is 0.417 e. The fourth-order valence-corrected chi connectivity index (χ4v) is 3.21. The van der Waals surface area contributed by atoms with E-state index in [2.05, 4.69) is 0 Å². The van der Waals surface area contributed by atoms with Crippen LogP contribution in [0.2, 0.25) is 0 Å². The maximum absolute atomic E-state index is 13.1. The van der Waals surface area contributed by atoms with E-state index in [1.807, 2.05) is 6.07 Å². The summed E-state index contributed by atoms with van der Waals surface area (Å²) in [5.41, 5.74) is 6.08. The molecule has 20 heavy (non-hydrogen) atoms. The van der Waals surface area contributed by atoms with Crippen LogP contribution >= 0.6 is 11.3 Å². The second-order valence-corrected chi connectivity index (χ2v) is 5.18. The van der Waals surface area contributed by atoms with E-state index < -0.39 is 11.7 Å². The minimum atomic E-state index is -4.44. The molecule has 0 amide bonds. The van der Waals surface area contributed by atoms with Crippen LogP contribution in [0.1, 0.15) is 22.9 Å². The molecule has 0 aliphatic rings. The second-order valence-electron chi connectivity index (χ2n) is 4.16. The molecule has 1 aromatic carbocycles. The molecule has 6 heteroatoms. The minimum absolute atomic E-state index is 0.0788. The van der Waals surface area contributed by atoms with Gasteiger partial charge in [0.2, 0.25) is 0 Å². The maximum atomic E-state index is 13.1. The molecule has 0 saturated carbocycles. The van der Waals surface area contributed by atoms with Crippen LogP contribution in [0.15, 0.2) is 24.3 Å². The van der Waals surface area contributed by atoms with Crippen LogP contribution in [-0.4, -0.2) is 0 Å². The standard InChI is InChI=1S/C14H11F3N2S/c1-2-8-12(19)11(7-18)20-13(8)9-5-3-4-6-10(9)14(15,16)17/h3-6H,2,19H2,1H3.